The van der Waals surface area contributed by atoms with Gasteiger partial charge in [-0.15, -0.1) is 0 Å². The Kier molecular flexibility index (Phi) is 6.47. The zero-order valence-corrected chi connectivity index (χ0v) is 14.1. The molecule has 5 nitrogen and oxygen atoms in total. The zero-order valence-electron chi connectivity index (χ0n) is 13.3. The fraction of sp³-hybridized carbons (Fsp3) is 0.375. The normalized spacial score (nSPS) is 13.6. The molecule has 2 rings (SSSR count). The third kappa shape index (κ3) is 4.86. The smallest absolute Gasteiger partial charge is 0.190 e. The Bertz CT molecular complexity index is 703. The van der Waals surface area contributed by atoms with Crippen LogP contribution in [0.5, 0.6) is 0 Å². The molecule has 0 spiro atoms. The van der Waals surface area contributed by atoms with Crippen LogP contribution in [0.2, 0.25) is 0 Å². The Morgan fingerprint density at radius 2 is 2.04 bits per heavy atom. The van der Waals surface area contributed by atoms with Crippen molar-refractivity contribution in [3.05, 3.63) is 47.2 Å². The molecule has 130 valence electrons. The van der Waals surface area contributed by atoms with Crippen LogP contribution >= 0.6 is 11.8 Å². The first kappa shape index (κ1) is 18.6. The number of benzene rings is 1. The summed E-state index contributed by atoms with van der Waals surface area (Å²) in [4.78, 5) is 8.55. The number of nitrogens with one attached hydrogen (secondary N) is 1. The second-order valence-electron chi connectivity index (χ2n) is 5.36. The van der Waals surface area contributed by atoms with Gasteiger partial charge in [0.05, 0.1) is 18.8 Å². The molecule has 0 aliphatic carbocycles. The molecule has 24 heavy (non-hydrogen) atoms. The van der Waals surface area contributed by atoms with Crippen LogP contribution in [-0.4, -0.2) is 38.9 Å². The van der Waals surface area contributed by atoms with Crippen molar-refractivity contribution in [1.29, 1.82) is 0 Å². The third-order valence-corrected chi connectivity index (χ3v) is 4.26. The molecular weight excluding hydrogens is 336 g/mol. The van der Waals surface area contributed by atoms with Gasteiger partial charge in [-0.2, -0.15) is 0 Å². The number of aryl methyl sites for hydroxylation is 1. The van der Waals surface area contributed by atoms with Gasteiger partial charge in [0.15, 0.2) is 16.8 Å². The molecule has 1 aromatic heterocycles. The van der Waals surface area contributed by atoms with Crippen molar-refractivity contribution >= 4 is 17.6 Å². The lowest BCUT2D eigenvalue weighted by Gasteiger charge is -2.19. The summed E-state index contributed by atoms with van der Waals surface area (Å²) in [6.45, 7) is 3.14. The van der Waals surface area contributed by atoms with Gasteiger partial charge in [0.25, 0.3) is 0 Å². The molecule has 0 fully saturated rings. The summed E-state index contributed by atoms with van der Waals surface area (Å²) >= 11 is 1.19. The average molecular weight is 355 g/mol. The van der Waals surface area contributed by atoms with E-state index in [0.29, 0.717) is 16.7 Å². The van der Waals surface area contributed by atoms with Gasteiger partial charge in [-0.1, -0.05) is 23.9 Å². The van der Waals surface area contributed by atoms with E-state index in [1.165, 1.54) is 23.9 Å². The van der Waals surface area contributed by atoms with Crippen LogP contribution < -0.4 is 5.32 Å². The first-order chi connectivity index (χ1) is 11.4. The molecule has 0 saturated carbocycles. The Hall–Kier alpha value is -1.77. The molecule has 0 saturated heterocycles. The number of aliphatic hydroxyl groups is 2. The van der Waals surface area contributed by atoms with Gasteiger partial charge in [0.2, 0.25) is 0 Å². The summed E-state index contributed by atoms with van der Waals surface area (Å²) < 4.78 is 26.9. The number of nitrogens with zero attached hydrogens (tertiary/aromatic N) is 2. The van der Waals surface area contributed by atoms with Gasteiger partial charge in [-0.3, -0.25) is 0 Å². The molecule has 0 amide bonds. The predicted octanol–water partition coefficient (Wildman–Crippen LogP) is 2.51. The molecule has 0 aliphatic heterocycles. The van der Waals surface area contributed by atoms with E-state index in [-0.39, 0.29) is 17.9 Å². The van der Waals surface area contributed by atoms with Crippen molar-refractivity contribution in [3.63, 3.8) is 0 Å². The number of halogens is 2. The van der Waals surface area contributed by atoms with Crippen molar-refractivity contribution in [2.24, 2.45) is 0 Å². The Balaban J connectivity index is 2.09. The molecule has 0 bridgehead atoms. The predicted molar refractivity (Wildman–Crippen MR) is 88.9 cm³/mol. The average Bonchev–Trinajstić information content (AvgIpc) is 2.55. The summed E-state index contributed by atoms with van der Waals surface area (Å²) in [6, 6.07) is 5.34. The summed E-state index contributed by atoms with van der Waals surface area (Å²) in [5, 5.41) is 21.9. The van der Waals surface area contributed by atoms with E-state index >= 15 is 0 Å². The van der Waals surface area contributed by atoms with Crippen LogP contribution in [0.15, 0.2) is 29.4 Å². The highest BCUT2D eigenvalue weighted by Gasteiger charge is 2.14. The Morgan fingerprint density at radius 3 is 2.75 bits per heavy atom. The maximum atomic E-state index is 13.7. The number of aromatic nitrogens is 2. The number of hydrogen-bond acceptors (Lipinski definition) is 6. The van der Waals surface area contributed by atoms with E-state index in [9.17, 15) is 13.9 Å². The maximum Gasteiger partial charge on any atom is 0.190 e. The first-order valence-electron chi connectivity index (χ1n) is 7.37. The van der Waals surface area contributed by atoms with Gasteiger partial charge in [-0.25, -0.2) is 18.7 Å². The molecule has 1 aromatic carbocycles. The van der Waals surface area contributed by atoms with Gasteiger partial charge < -0.3 is 15.5 Å². The summed E-state index contributed by atoms with van der Waals surface area (Å²) in [7, 11) is 0. The highest BCUT2D eigenvalue weighted by molar-refractivity contribution is 7.98. The monoisotopic (exact) mass is 355 g/mol. The van der Waals surface area contributed by atoms with Crippen LogP contribution in [0.25, 0.3) is 0 Å². The lowest BCUT2D eigenvalue weighted by atomic mass is 10.2. The number of hydrogen-bond donors (Lipinski definition) is 3. The van der Waals surface area contributed by atoms with Crippen LogP contribution in [0.1, 0.15) is 18.2 Å². The fourth-order valence-corrected chi connectivity index (χ4v) is 2.85. The maximum absolute atomic E-state index is 13.7. The Morgan fingerprint density at radius 1 is 1.29 bits per heavy atom. The van der Waals surface area contributed by atoms with Crippen molar-refractivity contribution in [1.82, 2.24) is 9.97 Å². The van der Waals surface area contributed by atoms with Crippen molar-refractivity contribution < 1.29 is 19.0 Å². The molecule has 3 N–H and O–H groups in total. The lowest BCUT2D eigenvalue weighted by Crippen LogP contribution is -2.33. The van der Waals surface area contributed by atoms with E-state index in [2.05, 4.69) is 15.3 Å². The van der Waals surface area contributed by atoms with E-state index in [4.69, 9.17) is 5.11 Å². The van der Waals surface area contributed by atoms with Crippen LogP contribution in [0.4, 0.5) is 14.6 Å². The van der Waals surface area contributed by atoms with Crippen molar-refractivity contribution in [2.45, 2.75) is 36.9 Å². The molecule has 1 heterocycles. The zero-order chi connectivity index (χ0) is 17.7. The molecular formula is C16H19F2N3O2S. The van der Waals surface area contributed by atoms with E-state index in [0.717, 1.165) is 6.07 Å². The number of anilines is 1. The standard InChI is InChI=1S/C16H19F2N3O2S/c1-9-6-14(20-10(2)13(23)7-22)21-16(19-9)24-8-11-4-3-5-12(17)15(11)18/h3-6,10,13,22-23H,7-8H2,1-2H3,(H,19,20,21). The number of thioether (sulfide) groups is 1. The van der Waals surface area contributed by atoms with Crippen molar-refractivity contribution in [3.8, 4) is 0 Å². The van der Waals surface area contributed by atoms with E-state index in [1.54, 1.807) is 19.9 Å². The SMILES string of the molecule is Cc1cc(NC(C)C(O)CO)nc(SCc2cccc(F)c2F)n1. The minimum atomic E-state index is -0.919. The quantitative estimate of drug-likeness (QED) is 0.523. The minimum Gasteiger partial charge on any atom is -0.394 e. The highest BCUT2D eigenvalue weighted by atomic mass is 32.2. The van der Waals surface area contributed by atoms with Gasteiger partial charge in [-0.05, 0) is 19.9 Å². The Labute approximate surface area is 143 Å². The fourth-order valence-electron chi connectivity index (χ4n) is 1.97. The summed E-state index contributed by atoms with van der Waals surface area (Å²) in [5.74, 6) is -1.06. The van der Waals surface area contributed by atoms with Gasteiger partial charge in [0, 0.05) is 23.1 Å². The van der Waals surface area contributed by atoms with Crippen LogP contribution in [0.3, 0.4) is 0 Å². The number of aliphatic hydroxyl groups excluding tert-OH is 2. The van der Waals surface area contributed by atoms with Gasteiger partial charge in [0.1, 0.15) is 5.82 Å². The second-order valence-corrected chi connectivity index (χ2v) is 6.30. The molecule has 0 aliphatic rings. The minimum absolute atomic E-state index is 0.196. The largest absolute Gasteiger partial charge is 0.394 e. The summed E-state index contributed by atoms with van der Waals surface area (Å²) in [6.07, 6.45) is -0.919. The highest BCUT2D eigenvalue weighted by Crippen LogP contribution is 2.24. The van der Waals surface area contributed by atoms with Crippen LogP contribution in [-0.2, 0) is 5.75 Å². The first-order valence-corrected chi connectivity index (χ1v) is 8.36. The molecule has 2 atom stereocenters. The molecule has 0 radical (unpaired) electrons. The van der Waals surface area contributed by atoms with E-state index in [1.807, 2.05) is 0 Å². The van der Waals surface area contributed by atoms with E-state index < -0.39 is 23.8 Å². The molecule has 2 aromatic rings. The lowest BCUT2D eigenvalue weighted by molar-refractivity contribution is 0.0837. The molecule has 8 heteroatoms. The third-order valence-electron chi connectivity index (χ3n) is 3.36. The van der Waals surface area contributed by atoms with Crippen LogP contribution in [0, 0.1) is 18.6 Å². The topological polar surface area (TPSA) is 78.3 Å². The van der Waals surface area contributed by atoms with Crippen molar-refractivity contribution in [2.75, 3.05) is 11.9 Å². The second kappa shape index (κ2) is 8.36. The van der Waals surface area contributed by atoms with Gasteiger partial charge >= 0.3 is 0 Å². The molecule has 2 unspecified atom stereocenters. The summed E-state index contributed by atoms with van der Waals surface area (Å²) in [5.41, 5.74) is 0.934. The number of rotatable bonds is 7.